The number of unbranched alkanes of at least 4 members (excludes halogenated alkanes) is 1. The number of carboxylic acid groups (broad SMARTS) is 3. The van der Waals surface area contributed by atoms with E-state index in [1.807, 2.05) is 41.7 Å². The molecule has 2 aromatic heterocycles. The van der Waals surface area contributed by atoms with E-state index in [0.29, 0.717) is 26.1 Å². The van der Waals surface area contributed by atoms with Crippen molar-refractivity contribution in [2.45, 2.75) is 63.7 Å². The van der Waals surface area contributed by atoms with Gasteiger partial charge in [-0.15, -0.1) is 0 Å². The van der Waals surface area contributed by atoms with Crippen molar-refractivity contribution in [1.29, 1.82) is 0 Å². The average Bonchev–Trinajstić information content (AvgIpc) is 2.93. The van der Waals surface area contributed by atoms with Gasteiger partial charge in [0.05, 0.1) is 11.4 Å². The minimum atomic E-state index is -1.51. The molecule has 15 heteroatoms. The number of amides is 3. The Morgan fingerprint density at radius 2 is 1.29 bits per heavy atom. The molecule has 3 amide bonds. The molecule has 0 unspecified atom stereocenters. The van der Waals surface area contributed by atoms with Gasteiger partial charge in [-0.05, 0) is 56.5 Å². The number of hydrogen-bond acceptors (Lipinski definition) is 8. The van der Waals surface area contributed by atoms with E-state index in [1.165, 1.54) is 0 Å². The number of carbonyl (C=O) groups is 5. The molecule has 2 heterocycles. The van der Waals surface area contributed by atoms with Crippen molar-refractivity contribution in [2.24, 2.45) is 0 Å². The third-order valence-corrected chi connectivity index (χ3v) is 5.96. The van der Waals surface area contributed by atoms with Gasteiger partial charge in [-0.25, -0.2) is 14.4 Å². The molecule has 0 aliphatic heterocycles. The molecule has 1 radical (unpaired) electrons. The van der Waals surface area contributed by atoms with Gasteiger partial charge in [0, 0.05) is 65.3 Å². The van der Waals surface area contributed by atoms with Crippen LogP contribution in [0.3, 0.4) is 0 Å². The van der Waals surface area contributed by atoms with E-state index in [1.54, 1.807) is 12.4 Å². The molecule has 0 spiro atoms. The van der Waals surface area contributed by atoms with E-state index in [4.69, 9.17) is 10.2 Å². The van der Waals surface area contributed by atoms with E-state index in [0.717, 1.165) is 24.4 Å². The van der Waals surface area contributed by atoms with Crippen molar-refractivity contribution in [2.75, 3.05) is 13.1 Å². The van der Waals surface area contributed by atoms with Crippen molar-refractivity contribution in [1.82, 2.24) is 30.8 Å². The number of aliphatic carboxylic acids is 3. The molecule has 42 heavy (non-hydrogen) atoms. The van der Waals surface area contributed by atoms with Crippen molar-refractivity contribution < 1.29 is 59.7 Å². The number of carbonyl (C=O) groups excluding carboxylic acids is 2. The van der Waals surface area contributed by atoms with E-state index in [-0.39, 0.29) is 45.6 Å². The van der Waals surface area contributed by atoms with Crippen molar-refractivity contribution in [3.05, 3.63) is 60.2 Å². The summed E-state index contributed by atoms with van der Waals surface area (Å²) in [6.45, 7) is 2.42. The van der Waals surface area contributed by atoms with Crippen LogP contribution in [0.2, 0.25) is 0 Å². The zero-order valence-electron chi connectivity index (χ0n) is 22.9. The molecule has 0 fully saturated rings. The average molecular weight is 759 g/mol. The number of aromatic nitrogens is 2. The third kappa shape index (κ3) is 15.2. The summed E-state index contributed by atoms with van der Waals surface area (Å²) in [5.74, 6) is -4.48. The normalized spacial score (nSPS) is 11.9. The Morgan fingerprint density at radius 3 is 1.74 bits per heavy atom. The van der Waals surface area contributed by atoms with E-state index >= 15 is 0 Å². The van der Waals surface area contributed by atoms with Crippen LogP contribution in [0.15, 0.2) is 48.8 Å². The first-order valence-electron chi connectivity index (χ1n) is 13.2. The van der Waals surface area contributed by atoms with Crippen LogP contribution in [0, 0.1) is 0 Å². The maximum Gasteiger partial charge on any atom is 0.326 e. The Labute approximate surface area is 257 Å². The first kappa shape index (κ1) is 36.1. The van der Waals surface area contributed by atoms with E-state index < -0.39 is 42.4 Å². The summed E-state index contributed by atoms with van der Waals surface area (Å²) in [6, 6.07) is 7.46. The summed E-state index contributed by atoms with van der Waals surface area (Å²) in [5, 5.41) is 34.1. The molecule has 6 N–H and O–H groups in total. The number of pyridine rings is 2. The Morgan fingerprint density at radius 1 is 0.762 bits per heavy atom. The molecular weight excluding hydrogens is 723 g/mol. The maximum absolute atomic E-state index is 12.3. The topological polar surface area (TPSA) is 211 Å². The van der Waals surface area contributed by atoms with E-state index in [9.17, 15) is 29.1 Å². The van der Waals surface area contributed by atoms with Gasteiger partial charge < -0.3 is 31.3 Å². The minimum absolute atomic E-state index is 0. The van der Waals surface area contributed by atoms with Crippen LogP contribution in [0.5, 0.6) is 0 Å². The summed E-state index contributed by atoms with van der Waals surface area (Å²) < 4.78 is 0. The predicted molar refractivity (Wildman–Crippen MR) is 145 cm³/mol. The number of nitrogens with zero attached hydrogens (tertiary/aromatic N) is 3. The summed E-state index contributed by atoms with van der Waals surface area (Å²) in [7, 11) is 0. The van der Waals surface area contributed by atoms with Crippen LogP contribution in [0.25, 0.3) is 0 Å². The number of nitrogens with one attached hydrogen (secondary N) is 3. The molecule has 0 saturated carbocycles. The molecule has 0 saturated heterocycles. The zero-order valence-corrected chi connectivity index (χ0v) is 25.7. The molecule has 0 aromatic carbocycles. The standard InChI is InChI=1S/C27H36N6O8.Re/c34-23(11-9-21(25(37)38)31-27(41)32-22(26(39)40)10-12-24(35)36)30-15-5-6-16-33(17-19-7-1-3-13-28-19)18-20-8-2-4-14-29-20;/h1-4,7-8,13-14,21-22H,5-6,9-12,15-18H2,(H,30,34)(H,35,36)(H,37,38)(H,39,40)(H2,31,32,41);/t21-,22-;/m0./s1. The Bertz CT molecular complexity index is 1100. The first-order valence-corrected chi connectivity index (χ1v) is 13.2. The van der Waals surface area contributed by atoms with Gasteiger partial charge in [0.15, 0.2) is 0 Å². The first-order chi connectivity index (χ1) is 19.6. The van der Waals surface area contributed by atoms with Crippen molar-refractivity contribution in [3.63, 3.8) is 0 Å². The molecule has 2 rings (SSSR count). The molecule has 0 aliphatic carbocycles. The Balaban J connectivity index is 0.00000882. The summed E-state index contributed by atoms with van der Waals surface area (Å²) in [5.41, 5.74) is 1.87. The summed E-state index contributed by atoms with van der Waals surface area (Å²) in [4.78, 5) is 68.7. The number of carboxylic acids is 3. The minimum Gasteiger partial charge on any atom is -0.481 e. The van der Waals surface area contributed by atoms with Crippen LogP contribution < -0.4 is 16.0 Å². The second-order valence-electron chi connectivity index (χ2n) is 9.28. The van der Waals surface area contributed by atoms with Crippen LogP contribution in [0.1, 0.15) is 49.9 Å². The fourth-order valence-corrected chi connectivity index (χ4v) is 3.85. The monoisotopic (exact) mass is 759 g/mol. The molecule has 14 nitrogen and oxygen atoms in total. The van der Waals surface area contributed by atoms with Crippen LogP contribution in [0.4, 0.5) is 4.79 Å². The van der Waals surface area contributed by atoms with Gasteiger partial charge in [-0.3, -0.25) is 24.5 Å². The van der Waals surface area contributed by atoms with Gasteiger partial charge in [-0.2, -0.15) is 0 Å². The second kappa shape index (κ2) is 20.0. The quantitative estimate of drug-likeness (QED) is 0.112. The van der Waals surface area contributed by atoms with Crippen LogP contribution in [-0.2, 0) is 52.7 Å². The van der Waals surface area contributed by atoms with Crippen molar-refractivity contribution >= 4 is 29.8 Å². The van der Waals surface area contributed by atoms with Gasteiger partial charge >= 0.3 is 23.9 Å². The summed E-state index contributed by atoms with van der Waals surface area (Å²) in [6.07, 6.45) is 3.70. The Hall–Kier alpha value is -3.93. The number of hydrogen-bond donors (Lipinski definition) is 6. The van der Waals surface area contributed by atoms with Crippen molar-refractivity contribution in [3.8, 4) is 0 Å². The van der Waals surface area contributed by atoms with Gasteiger partial charge in [0.1, 0.15) is 12.1 Å². The van der Waals surface area contributed by atoms with Gasteiger partial charge in [-0.1, -0.05) is 12.1 Å². The third-order valence-electron chi connectivity index (χ3n) is 5.96. The molecular formula is C27H36N6O8Re. The maximum atomic E-state index is 12.3. The number of urea groups is 1. The Kier molecular flexibility index (Phi) is 17.2. The molecule has 229 valence electrons. The van der Waals surface area contributed by atoms with Crippen LogP contribution >= 0.6 is 0 Å². The number of rotatable bonds is 19. The molecule has 2 atom stereocenters. The van der Waals surface area contributed by atoms with Gasteiger partial charge in [0.25, 0.3) is 0 Å². The smallest absolute Gasteiger partial charge is 0.326 e. The SMILES string of the molecule is O=C(O)CC[C@H](NC(=O)N[C@@H](CCC(=O)NCCCCN(Cc1ccccn1)Cc1ccccn1)C(=O)O)C(=O)O.[Re]. The fourth-order valence-electron chi connectivity index (χ4n) is 3.85. The van der Waals surface area contributed by atoms with Gasteiger partial charge in [0.2, 0.25) is 5.91 Å². The largest absolute Gasteiger partial charge is 0.481 e. The van der Waals surface area contributed by atoms with E-state index in [2.05, 4.69) is 25.5 Å². The molecule has 0 bridgehead atoms. The molecule has 2 aromatic rings. The fraction of sp³-hybridized carbons (Fsp3) is 0.444. The predicted octanol–water partition coefficient (Wildman–Crippen LogP) is 1.22. The summed E-state index contributed by atoms with van der Waals surface area (Å²) >= 11 is 0. The molecule has 0 aliphatic rings. The van der Waals surface area contributed by atoms with Crippen LogP contribution in [-0.4, -0.2) is 85.2 Å². The zero-order chi connectivity index (χ0) is 30.0. The second-order valence-corrected chi connectivity index (χ2v) is 9.28.